The number of hydrogen-bond donors (Lipinski definition) is 0. The van der Waals surface area contributed by atoms with Crippen LogP contribution in [0.5, 0.6) is 0 Å². The molecule has 0 N–H and O–H groups in total. The Morgan fingerprint density at radius 1 is 0.611 bits per heavy atom. The van der Waals surface area contributed by atoms with Crippen molar-refractivity contribution in [3.63, 3.8) is 0 Å². The van der Waals surface area contributed by atoms with Crippen LogP contribution in [0.1, 0.15) is 34.1 Å². The maximum absolute atomic E-state index is 13.7. The minimum absolute atomic E-state index is 0.0535. The van der Waals surface area contributed by atoms with Crippen molar-refractivity contribution in [2.24, 2.45) is 5.41 Å². The van der Waals surface area contributed by atoms with E-state index in [0.29, 0.717) is 0 Å². The molecular weight excluding hydrogens is 272 g/mol. The van der Waals surface area contributed by atoms with Crippen molar-refractivity contribution in [1.82, 2.24) is 0 Å². The minimum atomic E-state index is -6.51. The summed E-state index contributed by atoms with van der Waals surface area (Å²) in [5, 5.41) is 0. The molecule has 8 heteroatoms. The first-order chi connectivity index (χ1) is 7.46. The SMILES string of the molecule is CC(C)(C)CC(C)(F)C(F)(F)C(F)(F)C(F)(F)F. The number of alkyl halides is 8. The number of halogens is 8. The van der Waals surface area contributed by atoms with Gasteiger partial charge in [0.25, 0.3) is 0 Å². The summed E-state index contributed by atoms with van der Waals surface area (Å²) in [4.78, 5) is 0. The van der Waals surface area contributed by atoms with E-state index < -0.39 is 35.5 Å². The Kier molecular flexibility index (Phi) is 4.10. The molecular formula is C10H14F8. The van der Waals surface area contributed by atoms with E-state index in [1.807, 2.05) is 0 Å². The molecule has 0 saturated heterocycles. The molecule has 0 aliphatic heterocycles. The van der Waals surface area contributed by atoms with E-state index in [2.05, 4.69) is 0 Å². The molecule has 0 fully saturated rings. The van der Waals surface area contributed by atoms with Crippen LogP contribution >= 0.6 is 0 Å². The van der Waals surface area contributed by atoms with Crippen LogP contribution < -0.4 is 0 Å². The molecule has 0 aromatic carbocycles. The first-order valence-electron chi connectivity index (χ1n) is 4.97. The molecule has 0 aromatic rings. The van der Waals surface area contributed by atoms with Crippen LogP contribution in [0.15, 0.2) is 0 Å². The summed E-state index contributed by atoms with van der Waals surface area (Å²) in [6.07, 6.45) is -7.65. The lowest BCUT2D eigenvalue weighted by Crippen LogP contribution is -2.62. The van der Waals surface area contributed by atoms with Gasteiger partial charge in [0, 0.05) is 0 Å². The third-order valence-corrected chi connectivity index (χ3v) is 2.27. The maximum atomic E-state index is 13.7. The predicted octanol–water partition coefficient (Wildman–Crippen LogP) is 4.98. The lowest BCUT2D eigenvalue weighted by atomic mass is 9.79. The largest absolute Gasteiger partial charge is 0.460 e. The zero-order chi connectivity index (χ0) is 15.2. The average Bonchev–Trinajstić information content (AvgIpc) is 1.95. The van der Waals surface area contributed by atoms with Crippen LogP contribution in [-0.4, -0.2) is 23.7 Å². The zero-order valence-corrected chi connectivity index (χ0v) is 10.2. The van der Waals surface area contributed by atoms with E-state index in [9.17, 15) is 35.1 Å². The van der Waals surface area contributed by atoms with Gasteiger partial charge in [-0.2, -0.15) is 30.7 Å². The zero-order valence-electron chi connectivity index (χ0n) is 10.2. The van der Waals surface area contributed by atoms with E-state index in [1.165, 1.54) is 20.8 Å². The summed E-state index contributed by atoms with van der Waals surface area (Å²) in [6, 6.07) is 0. The fourth-order valence-electron chi connectivity index (χ4n) is 1.61. The monoisotopic (exact) mass is 286 g/mol. The summed E-state index contributed by atoms with van der Waals surface area (Å²) < 4.78 is 101. The molecule has 0 heterocycles. The van der Waals surface area contributed by atoms with E-state index >= 15 is 0 Å². The molecule has 0 radical (unpaired) electrons. The van der Waals surface area contributed by atoms with Gasteiger partial charge in [-0.25, -0.2) is 4.39 Å². The maximum Gasteiger partial charge on any atom is 0.460 e. The van der Waals surface area contributed by atoms with E-state index in [-0.39, 0.29) is 6.92 Å². The molecule has 0 aromatic heterocycles. The molecule has 110 valence electrons. The standard InChI is InChI=1S/C10H14F8/c1-6(2,3)5-7(4,11)8(12,13)9(14,15)10(16,17)18/h5H2,1-4H3. The van der Waals surface area contributed by atoms with Gasteiger partial charge in [0.1, 0.15) is 0 Å². The Labute approximate surface area is 99.3 Å². The van der Waals surface area contributed by atoms with Gasteiger partial charge in [-0.3, -0.25) is 0 Å². The van der Waals surface area contributed by atoms with Crippen LogP contribution in [0.2, 0.25) is 0 Å². The van der Waals surface area contributed by atoms with Gasteiger partial charge < -0.3 is 0 Å². The summed E-state index contributed by atoms with van der Waals surface area (Å²) in [7, 11) is 0. The van der Waals surface area contributed by atoms with Crippen molar-refractivity contribution < 1.29 is 35.1 Å². The van der Waals surface area contributed by atoms with Crippen molar-refractivity contribution in [3.8, 4) is 0 Å². The lowest BCUT2D eigenvalue weighted by Gasteiger charge is -2.39. The third kappa shape index (κ3) is 3.06. The van der Waals surface area contributed by atoms with Gasteiger partial charge in [0.15, 0.2) is 5.67 Å². The number of hydrogen-bond acceptors (Lipinski definition) is 0. The van der Waals surface area contributed by atoms with Crippen LogP contribution in [0, 0.1) is 5.41 Å². The Morgan fingerprint density at radius 2 is 0.944 bits per heavy atom. The van der Waals surface area contributed by atoms with Crippen LogP contribution in [-0.2, 0) is 0 Å². The summed E-state index contributed by atoms with van der Waals surface area (Å²) in [6.45, 7) is 3.82. The highest BCUT2D eigenvalue weighted by molar-refractivity contribution is 5.04. The number of rotatable bonds is 3. The highest BCUT2D eigenvalue weighted by Crippen LogP contribution is 2.54. The van der Waals surface area contributed by atoms with Crippen molar-refractivity contribution in [3.05, 3.63) is 0 Å². The van der Waals surface area contributed by atoms with Gasteiger partial charge in [0.2, 0.25) is 0 Å². The molecule has 0 bridgehead atoms. The molecule has 0 nitrogen and oxygen atoms in total. The second kappa shape index (κ2) is 4.23. The average molecular weight is 286 g/mol. The molecule has 0 amide bonds. The fourth-order valence-corrected chi connectivity index (χ4v) is 1.61. The highest BCUT2D eigenvalue weighted by Gasteiger charge is 2.79. The second-order valence-corrected chi connectivity index (χ2v) is 5.58. The van der Waals surface area contributed by atoms with Crippen molar-refractivity contribution in [2.75, 3.05) is 0 Å². The Bertz CT molecular complexity index is 294. The Morgan fingerprint density at radius 3 is 1.17 bits per heavy atom. The quantitative estimate of drug-likeness (QED) is 0.642. The van der Waals surface area contributed by atoms with Crippen molar-refractivity contribution >= 4 is 0 Å². The summed E-state index contributed by atoms with van der Waals surface area (Å²) in [5.41, 5.74) is -5.15. The molecule has 18 heavy (non-hydrogen) atoms. The second-order valence-electron chi connectivity index (χ2n) is 5.58. The van der Waals surface area contributed by atoms with E-state index in [0.717, 1.165) is 0 Å². The molecule has 0 rings (SSSR count). The van der Waals surface area contributed by atoms with Gasteiger partial charge >= 0.3 is 18.0 Å². The predicted molar refractivity (Wildman–Crippen MR) is 49.5 cm³/mol. The minimum Gasteiger partial charge on any atom is -0.237 e. The highest BCUT2D eigenvalue weighted by atomic mass is 19.4. The van der Waals surface area contributed by atoms with Crippen molar-refractivity contribution in [2.45, 2.75) is 57.8 Å². The topological polar surface area (TPSA) is 0 Å². The first kappa shape index (κ1) is 17.4. The van der Waals surface area contributed by atoms with Crippen LogP contribution in [0.3, 0.4) is 0 Å². The van der Waals surface area contributed by atoms with E-state index in [1.54, 1.807) is 0 Å². The van der Waals surface area contributed by atoms with E-state index in [4.69, 9.17) is 0 Å². The summed E-state index contributed by atoms with van der Waals surface area (Å²) >= 11 is 0. The van der Waals surface area contributed by atoms with Crippen molar-refractivity contribution in [1.29, 1.82) is 0 Å². The lowest BCUT2D eigenvalue weighted by molar-refractivity contribution is -0.379. The molecule has 0 spiro atoms. The molecule has 0 aliphatic rings. The molecule has 0 aliphatic carbocycles. The third-order valence-electron chi connectivity index (χ3n) is 2.27. The smallest absolute Gasteiger partial charge is 0.237 e. The molecule has 1 atom stereocenters. The van der Waals surface area contributed by atoms with Gasteiger partial charge in [-0.1, -0.05) is 20.8 Å². The Hall–Kier alpha value is -0.560. The summed E-state index contributed by atoms with van der Waals surface area (Å²) in [5.74, 6) is -12.3. The van der Waals surface area contributed by atoms with Gasteiger partial charge in [0.05, 0.1) is 0 Å². The Balaban J connectivity index is 5.50. The fraction of sp³-hybridized carbons (Fsp3) is 1.00. The van der Waals surface area contributed by atoms with Crippen LogP contribution in [0.25, 0.3) is 0 Å². The molecule has 0 saturated carbocycles. The molecule has 1 unspecified atom stereocenters. The van der Waals surface area contributed by atoms with Gasteiger partial charge in [-0.15, -0.1) is 0 Å². The van der Waals surface area contributed by atoms with Gasteiger partial charge in [-0.05, 0) is 18.8 Å². The first-order valence-corrected chi connectivity index (χ1v) is 4.97. The van der Waals surface area contributed by atoms with Crippen LogP contribution in [0.4, 0.5) is 35.1 Å². The normalized spacial score (nSPS) is 18.7.